The van der Waals surface area contributed by atoms with Gasteiger partial charge in [-0.15, -0.1) is 0 Å². The molecule has 2 heteroatoms. The molecule has 1 N–H and O–H groups in total. The summed E-state index contributed by atoms with van der Waals surface area (Å²) in [6, 6.07) is 10.5. The fourth-order valence-corrected chi connectivity index (χ4v) is 1.66. The van der Waals surface area contributed by atoms with Crippen molar-refractivity contribution < 1.29 is 0 Å². The highest BCUT2D eigenvalue weighted by atomic mass is 14.9. The van der Waals surface area contributed by atoms with Crippen LogP contribution in [0.15, 0.2) is 24.3 Å². The fourth-order valence-electron chi connectivity index (χ4n) is 1.66. The molecule has 0 saturated carbocycles. The van der Waals surface area contributed by atoms with Gasteiger partial charge in [-0.3, -0.25) is 0 Å². The van der Waals surface area contributed by atoms with Gasteiger partial charge in [0.15, 0.2) is 0 Å². The molecule has 0 aliphatic rings. The number of nitriles is 1. The quantitative estimate of drug-likeness (QED) is 0.792. The van der Waals surface area contributed by atoms with Gasteiger partial charge in [-0.05, 0) is 31.0 Å². The summed E-state index contributed by atoms with van der Waals surface area (Å²) < 4.78 is 0. The van der Waals surface area contributed by atoms with Crippen molar-refractivity contribution >= 4 is 0 Å². The van der Waals surface area contributed by atoms with Crippen LogP contribution in [-0.2, 0) is 6.54 Å². The zero-order valence-corrected chi connectivity index (χ0v) is 10.2. The predicted molar refractivity (Wildman–Crippen MR) is 67.0 cm³/mol. The molecule has 0 bridgehead atoms. The van der Waals surface area contributed by atoms with Crippen molar-refractivity contribution in [1.29, 1.82) is 5.26 Å². The number of benzene rings is 1. The van der Waals surface area contributed by atoms with Gasteiger partial charge in [-0.1, -0.05) is 31.9 Å². The molecule has 0 fully saturated rings. The Morgan fingerprint density at radius 1 is 1.44 bits per heavy atom. The van der Waals surface area contributed by atoms with Crippen LogP contribution in [0.2, 0.25) is 0 Å². The van der Waals surface area contributed by atoms with Gasteiger partial charge < -0.3 is 5.32 Å². The van der Waals surface area contributed by atoms with Crippen LogP contribution >= 0.6 is 0 Å². The van der Waals surface area contributed by atoms with Crippen LogP contribution < -0.4 is 5.32 Å². The van der Waals surface area contributed by atoms with E-state index >= 15 is 0 Å². The summed E-state index contributed by atoms with van der Waals surface area (Å²) in [5.41, 5.74) is 1.92. The minimum absolute atomic E-state index is 0.547. The predicted octanol–water partition coefficient (Wildman–Crippen LogP) is 3.23. The number of hydrogen-bond acceptors (Lipinski definition) is 2. The molecule has 0 saturated heterocycles. The van der Waals surface area contributed by atoms with E-state index in [-0.39, 0.29) is 0 Å². The van der Waals surface area contributed by atoms with Gasteiger partial charge in [-0.2, -0.15) is 5.26 Å². The molecule has 1 rings (SSSR count). The minimum atomic E-state index is 0.547. The third-order valence-electron chi connectivity index (χ3n) is 2.70. The van der Waals surface area contributed by atoms with E-state index in [1.807, 2.05) is 18.2 Å². The lowest BCUT2D eigenvalue weighted by atomic mass is 10.1. The second-order valence-corrected chi connectivity index (χ2v) is 4.24. The van der Waals surface area contributed by atoms with Crippen molar-refractivity contribution in [3.05, 3.63) is 35.4 Å². The van der Waals surface area contributed by atoms with Gasteiger partial charge in [-0.25, -0.2) is 0 Å². The number of unbranched alkanes of at least 4 members (excludes halogenated alkanes) is 1. The Kier molecular flexibility index (Phi) is 5.60. The van der Waals surface area contributed by atoms with Crippen molar-refractivity contribution in [2.24, 2.45) is 0 Å². The van der Waals surface area contributed by atoms with Crippen molar-refractivity contribution in [2.75, 3.05) is 0 Å². The van der Waals surface area contributed by atoms with E-state index in [0.29, 0.717) is 6.04 Å². The third kappa shape index (κ3) is 4.46. The maximum atomic E-state index is 8.79. The molecule has 0 radical (unpaired) electrons. The monoisotopic (exact) mass is 216 g/mol. The van der Waals surface area contributed by atoms with E-state index in [4.69, 9.17) is 5.26 Å². The van der Waals surface area contributed by atoms with Crippen molar-refractivity contribution in [2.45, 2.75) is 45.7 Å². The molecule has 1 unspecified atom stereocenters. The summed E-state index contributed by atoms with van der Waals surface area (Å²) in [5.74, 6) is 0. The topological polar surface area (TPSA) is 35.8 Å². The van der Waals surface area contributed by atoms with Crippen molar-refractivity contribution in [3.63, 3.8) is 0 Å². The molecule has 0 heterocycles. The molecule has 0 spiro atoms. The van der Waals surface area contributed by atoms with Crippen LogP contribution in [0.5, 0.6) is 0 Å². The molecule has 16 heavy (non-hydrogen) atoms. The Morgan fingerprint density at radius 3 is 2.94 bits per heavy atom. The summed E-state index contributed by atoms with van der Waals surface area (Å²) in [4.78, 5) is 0. The Bertz CT molecular complexity index is 352. The van der Waals surface area contributed by atoms with Crippen LogP contribution in [-0.4, -0.2) is 6.04 Å². The summed E-state index contributed by atoms with van der Waals surface area (Å²) in [6.07, 6.45) is 3.73. The average Bonchev–Trinajstić information content (AvgIpc) is 2.34. The van der Waals surface area contributed by atoms with Gasteiger partial charge in [0, 0.05) is 12.6 Å². The SMILES string of the molecule is CCCCC(C)NCc1cccc(C#N)c1. The molecule has 0 aliphatic heterocycles. The molecule has 0 aliphatic carbocycles. The fraction of sp³-hybridized carbons (Fsp3) is 0.500. The lowest BCUT2D eigenvalue weighted by Crippen LogP contribution is -2.25. The van der Waals surface area contributed by atoms with Gasteiger partial charge >= 0.3 is 0 Å². The Balaban J connectivity index is 2.39. The Morgan fingerprint density at radius 2 is 2.25 bits per heavy atom. The first kappa shape index (κ1) is 12.7. The highest BCUT2D eigenvalue weighted by Crippen LogP contribution is 2.05. The normalized spacial score (nSPS) is 12.1. The maximum Gasteiger partial charge on any atom is 0.0991 e. The first-order valence-electron chi connectivity index (χ1n) is 5.98. The van der Waals surface area contributed by atoms with Gasteiger partial charge in [0.25, 0.3) is 0 Å². The first-order valence-corrected chi connectivity index (χ1v) is 5.98. The van der Waals surface area contributed by atoms with Crippen LogP contribution in [0, 0.1) is 11.3 Å². The van der Waals surface area contributed by atoms with E-state index in [2.05, 4.69) is 31.3 Å². The highest BCUT2D eigenvalue weighted by molar-refractivity contribution is 5.32. The van der Waals surface area contributed by atoms with Crippen LogP contribution in [0.4, 0.5) is 0 Å². The number of nitrogens with one attached hydrogen (secondary N) is 1. The number of rotatable bonds is 6. The molecular formula is C14H20N2. The molecule has 2 nitrogen and oxygen atoms in total. The van der Waals surface area contributed by atoms with Crippen LogP contribution in [0.25, 0.3) is 0 Å². The largest absolute Gasteiger partial charge is 0.310 e. The molecular weight excluding hydrogens is 196 g/mol. The summed E-state index contributed by atoms with van der Waals surface area (Å²) in [6.45, 7) is 5.27. The third-order valence-corrected chi connectivity index (χ3v) is 2.70. The number of hydrogen-bond donors (Lipinski definition) is 1. The second kappa shape index (κ2) is 7.03. The summed E-state index contributed by atoms with van der Waals surface area (Å²) in [7, 11) is 0. The van der Waals surface area contributed by atoms with E-state index < -0.39 is 0 Å². The zero-order chi connectivity index (χ0) is 11.8. The smallest absolute Gasteiger partial charge is 0.0991 e. The van der Waals surface area contributed by atoms with E-state index in [9.17, 15) is 0 Å². The number of nitrogens with zero attached hydrogens (tertiary/aromatic N) is 1. The van der Waals surface area contributed by atoms with E-state index in [1.54, 1.807) is 0 Å². The summed E-state index contributed by atoms with van der Waals surface area (Å²) >= 11 is 0. The van der Waals surface area contributed by atoms with Crippen molar-refractivity contribution in [3.8, 4) is 6.07 Å². The minimum Gasteiger partial charge on any atom is -0.310 e. The molecule has 0 aromatic heterocycles. The maximum absolute atomic E-state index is 8.79. The van der Waals surface area contributed by atoms with Gasteiger partial charge in [0.2, 0.25) is 0 Å². The Hall–Kier alpha value is -1.33. The molecule has 0 amide bonds. The van der Waals surface area contributed by atoms with E-state index in [1.165, 1.54) is 24.8 Å². The standard InChI is InChI=1S/C14H20N2/c1-3-4-6-12(2)16-11-14-8-5-7-13(9-14)10-15/h5,7-9,12,16H,3-4,6,11H2,1-2H3. The lowest BCUT2D eigenvalue weighted by molar-refractivity contribution is 0.495. The molecule has 1 atom stereocenters. The van der Waals surface area contributed by atoms with E-state index in [0.717, 1.165) is 12.1 Å². The average molecular weight is 216 g/mol. The first-order chi connectivity index (χ1) is 7.76. The van der Waals surface area contributed by atoms with Crippen LogP contribution in [0.3, 0.4) is 0 Å². The molecule has 86 valence electrons. The lowest BCUT2D eigenvalue weighted by Gasteiger charge is -2.13. The second-order valence-electron chi connectivity index (χ2n) is 4.24. The Labute approximate surface area is 98.3 Å². The highest BCUT2D eigenvalue weighted by Gasteiger charge is 2.01. The van der Waals surface area contributed by atoms with Crippen LogP contribution in [0.1, 0.15) is 44.2 Å². The van der Waals surface area contributed by atoms with Gasteiger partial charge in [0.05, 0.1) is 11.6 Å². The molecule has 1 aromatic carbocycles. The molecule has 1 aromatic rings. The van der Waals surface area contributed by atoms with Crippen molar-refractivity contribution in [1.82, 2.24) is 5.32 Å². The van der Waals surface area contributed by atoms with Gasteiger partial charge in [0.1, 0.15) is 0 Å². The zero-order valence-electron chi connectivity index (χ0n) is 10.2. The summed E-state index contributed by atoms with van der Waals surface area (Å²) in [5, 5.41) is 12.3.